The first-order valence-corrected chi connectivity index (χ1v) is 10.5. The number of guanidine groups is 1. The highest BCUT2D eigenvalue weighted by Crippen LogP contribution is 2.23. The predicted molar refractivity (Wildman–Crippen MR) is 114 cm³/mol. The van der Waals surface area contributed by atoms with E-state index in [1.54, 1.807) is 0 Å². The van der Waals surface area contributed by atoms with E-state index in [1.165, 1.54) is 49.8 Å². The number of nitrogens with one attached hydrogen (secondary N) is 2. The summed E-state index contributed by atoms with van der Waals surface area (Å²) >= 11 is 6.16. The Hall–Kier alpha value is -1.72. The van der Waals surface area contributed by atoms with Gasteiger partial charge in [-0.1, -0.05) is 11.6 Å². The summed E-state index contributed by atoms with van der Waals surface area (Å²) < 4.78 is 0. The highest BCUT2D eigenvalue weighted by atomic mass is 35.5. The second-order valence-corrected chi connectivity index (χ2v) is 8.27. The molecule has 2 aromatic rings. The molecule has 2 aliphatic rings. The van der Waals surface area contributed by atoms with Crippen LogP contribution < -0.4 is 5.32 Å². The fourth-order valence-corrected chi connectivity index (χ4v) is 4.68. The summed E-state index contributed by atoms with van der Waals surface area (Å²) in [4.78, 5) is 12.9. The number of aromatic nitrogens is 1. The van der Waals surface area contributed by atoms with Crippen molar-refractivity contribution in [3.8, 4) is 0 Å². The predicted octanol–water partition coefficient (Wildman–Crippen LogP) is 3.36. The Bertz CT molecular complexity index is 793. The molecule has 0 bridgehead atoms. The van der Waals surface area contributed by atoms with E-state index in [0.29, 0.717) is 0 Å². The highest BCUT2D eigenvalue weighted by molar-refractivity contribution is 6.31. The van der Waals surface area contributed by atoms with Gasteiger partial charge in [-0.3, -0.25) is 4.99 Å². The highest BCUT2D eigenvalue weighted by Gasteiger charge is 2.27. The summed E-state index contributed by atoms with van der Waals surface area (Å²) in [5, 5.41) is 5.56. The first kappa shape index (κ1) is 18.6. The van der Waals surface area contributed by atoms with Crippen LogP contribution in [0.2, 0.25) is 5.02 Å². The zero-order valence-corrected chi connectivity index (χ0v) is 16.9. The maximum absolute atomic E-state index is 6.16. The fraction of sp³-hybridized carbons (Fsp3) is 0.571. The molecule has 0 spiro atoms. The van der Waals surface area contributed by atoms with Gasteiger partial charge < -0.3 is 20.1 Å². The van der Waals surface area contributed by atoms with E-state index in [4.69, 9.17) is 11.6 Å². The molecule has 2 aliphatic heterocycles. The SMILES string of the molecule is CN=C(NCCc1c[nH]c2ccc(Cl)cc12)N1CCC(CN2CCCC2)C1. The average Bonchev–Trinajstić information content (AvgIpc) is 3.41. The zero-order chi connectivity index (χ0) is 18.6. The molecular formula is C21H30ClN5. The van der Waals surface area contributed by atoms with Crippen molar-refractivity contribution in [2.24, 2.45) is 10.9 Å². The first-order chi connectivity index (χ1) is 13.2. The minimum atomic E-state index is 0.775. The number of fused-ring (bicyclic) bond motifs is 1. The number of rotatable bonds is 5. The van der Waals surface area contributed by atoms with Gasteiger partial charge in [-0.05, 0) is 68.5 Å². The van der Waals surface area contributed by atoms with Crippen molar-refractivity contribution in [1.29, 1.82) is 0 Å². The average molecular weight is 388 g/mol. The minimum Gasteiger partial charge on any atom is -0.361 e. The molecule has 2 saturated heterocycles. The Morgan fingerprint density at radius 3 is 2.96 bits per heavy atom. The molecule has 1 aromatic carbocycles. The van der Waals surface area contributed by atoms with Crippen molar-refractivity contribution >= 4 is 28.5 Å². The topological polar surface area (TPSA) is 46.7 Å². The quantitative estimate of drug-likeness (QED) is 0.611. The molecule has 0 saturated carbocycles. The van der Waals surface area contributed by atoms with Crippen LogP contribution in [0.5, 0.6) is 0 Å². The van der Waals surface area contributed by atoms with Gasteiger partial charge in [0, 0.05) is 55.3 Å². The molecule has 146 valence electrons. The molecule has 6 heteroatoms. The Morgan fingerprint density at radius 1 is 1.30 bits per heavy atom. The van der Waals surface area contributed by atoms with Gasteiger partial charge in [0.2, 0.25) is 0 Å². The molecule has 2 fully saturated rings. The molecule has 0 amide bonds. The first-order valence-electron chi connectivity index (χ1n) is 10.2. The molecule has 0 radical (unpaired) electrons. The van der Waals surface area contributed by atoms with Crippen LogP contribution in [0.25, 0.3) is 10.9 Å². The molecular weight excluding hydrogens is 358 g/mol. The summed E-state index contributed by atoms with van der Waals surface area (Å²) in [6.45, 7) is 6.94. The molecule has 5 nitrogen and oxygen atoms in total. The number of nitrogens with zero attached hydrogens (tertiary/aromatic N) is 3. The number of H-pyrrole nitrogens is 1. The number of hydrogen-bond acceptors (Lipinski definition) is 2. The lowest BCUT2D eigenvalue weighted by Crippen LogP contribution is -2.41. The third kappa shape index (κ3) is 4.41. The third-order valence-corrected chi connectivity index (χ3v) is 6.15. The number of halogens is 1. The molecule has 27 heavy (non-hydrogen) atoms. The number of aromatic amines is 1. The minimum absolute atomic E-state index is 0.775. The molecule has 0 aliphatic carbocycles. The van der Waals surface area contributed by atoms with Gasteiger partial charge in [-0.25, -0.2) is 0 Å². The summed E-state index contributed by atoms with van der Waals surface area (Å²) in [5.41, 5.74) is 2.44. The molecule has 2 N–H and O–H groups in total. The van der Waals surface area contributed by atoms with Crippen molar-refractivity contribution in [3.05, 3.63) is 35.0 Å². The van der Waals surface area contributed by atoms with Crippen LogP contribution in [0.1, 0.15) is 24.8 Å². The van der Waals surface area contributed by atoms with Crippen molar-refractivity contribution in [3.63, 3.8) is 0 Å². The van der Waals surface area contributed by atoms with Crippen LogP contribution in [0.4, 0.5) is 0 Å². The van der Waals surface area contributed by atoms with Crippen LogP contribution in [0.15, 0.2) is 29.4 Å². The second kappa shape index (κ2) is 8.53. The second-order valence-electron chi connectivity index (χ2n) is 7.84. The number of likely N-dealkylation sites (tertiary alicyclic amines) is 2. The number of hydrogen-bond donors (Lipinski definition) is 2. The Kier molecular flexibility index (Phi) is 5.89. The Balaban J connectivity index is 1.28. The van der Waals surface area contributed by atoms with Crippen LogP contribution >= 0.6 is 11.6 Å². The summed E-state index contributed by atoms with van der Waals surface area (Å²) in [5.74, 6) is 1.81. The van der Waals surface area contributed by atoms with E-state index in [9.17, 15) is 0 Å². The largest absolute Gasteiger partial charge is 0.361 e. The van der Waals surface area contributed by atoms with Gasteiger partial charge >= 0.3 is 0 Å². The summed E-state index contributed by atoms with van der Waals surface area (Å²) in [6.07, 6.45) is 7.06. The van der Waals surface area contributed by atoms with Gasteiger partial charge in [-0.2, -0.15) is 0 Å². The van der Waals surface area contributed by atoms with E-state index >= 15 is 0 Å². The molecule has 1 aromatic heterocycles. The summed E-state index contributed by atoms with van der Waals surface area (Å²) in [7, 11) is 1.89. The van der Waals surface area contributed by atoms with Crippen LogP contribution in [-0.2, 0) is 6.42 Å². The van der Waals surface area contributed by atoms with Crippen molar-refractivity contribution in [2.45, 2.75) is 25.7 Å². The normalized spacial score (nSPS) is 21.5. The van der Waals surface area contributed by atoms with E-state index in [-0.39, 0.29) is 0 Å². The lowest BCUT2D eigenvalue weighted by atomic mass is 10.1. The third-order valence-electron chi connectivity index (χ3n) is 5.92. The standard InChI is InChI=1S/C21H30ClN5/c1-23-21(27-11-7-16(15-27)14-26-9-2-3-10-26)24-8-6-17-13-25-20-5-4-18(22)12-19(17)20/h4-5,12-13,16,25H,2-3,6-11,14-15H2,1H3,(H,23,24). The van der Waals surface area contributed by atoms with Gasteiger partial charge in [0.05, 0.1) is 0 Å². The smallest absolute Gasteiger partial charge is 0.193 e. The van der Waals surface area contributed by atoms with E-state index in [0.717, 1.165) is 48.5 Å². The van der Waals surface area contributed by atoms with Gasteiger partial charge in [0.25, 0.3) is 0 Å². The van der Waals surface area contributed by atoms with Crippen molar-refractivity contribution < 1.29 is 0 Å². The number of benzene rings is 1. The van der Waals surface area contributed by atoms with E-state index in [2.05, 4.69) is 31.3 Å². The molecule has 1 unspecified atom stereocenters. The Labute approximate surface area is 166 Å². The summed E-state index contributed by atoms with van der Waals surface area (Å²) in [6, 6.07) is 6.01. The molecule has 3 heterocycles. The van der Waals surface area contributed by atoms with E-state index in [1.807, 2.05) is 25.2 Å². The zero-order valence-electron chi connectivity index (χ0n) is 16.2. The van der Waals surface area contributed by atoms with Crippen LogP contribution in [0, 0.1) is 5.92 Å². The molecule has 1 atom stereocenters. The Morgan fingerprint density at radius 2 is 2.15 bits per heavy atom. The number of aliphatic imine (C=N–C) groups is 1. The van der Waals surface area contributed by atoms with Crippen molar-refractivity contribution in [1.82, 2.24) is 20.1 Å². The maximum atomic E-state index is 6.16. The van der Waals surface area contributed by atoms with Gasteiger partial charge in [0.1, 0.15) is 0 Å². The van der Waals surface area contributed by atoms with E-state index < -0.39 is 0 Å². The monoisotopic (exact) mass is 387 g/mol. The van der Waals surface area contributed by atoms with Crippen LogP contribution in [-0.4, -0.2) is 67.1 Å². The van der Waals surface area contributed by atoms with Crippen molar-refractivity contribution in [2.75, 3.05) is 46.3 Å². The lowest BCUT2D eigenvalue weighted by Gasteiger charge is -2.23. The lowest BCUT2D eigenvalue weighted by molar-refractivity contribution is 0.281. The molecule has 4 rings (SSSR count). The fourth-order valence-electron chi connectivity index (χ4n) is 4.50. The maximum Gasteiger partial charge on any atom is 0.193 e. The van der Waals surface area contributed by atoms with Crippen LogP contribution in [0.3, 0.4) is 0 Å². The van der Waals surface area contributed by atoms with Gasteiger partial charge in [0.15, 0.2) is 5.96 Å². The van der Waals surface area contributed by atoms with Gasteiger partial charge in [-0.15, -0.1) is 0 Å².